The van der Waals surface area contributed by atoms with E-state index in [1.807, 2.05) is 0 Å². The van der Waals surface area contributed by atoms with Crippen LogP contribution in [0.5, 0.6) is 0 Å². The molecule has 0 bridgehead atoms. The van der Waals surface area contributed by atoms with E-state index in [4.69, 9.17) is 5.73 Å². The molecule has 2 N–H and O–H groups in total. The summed E-state index contributed by atoms with van der Waals surface area (Å²) < 4.78 is 27.1. The molecule has 0 amide bonds. The van der Waals surface area contributed by atoms with Gasteiger partial charge in [-0.3, -0.25) is 0 Å². The van der Waals surface area contributed by atoms with Gasteiger partial charge in [0.2, 0.25) is 10.0 Å². The van der Waals surface area contributed by atoms with Crippen molar-refractivity contribution in [1.29, 1.82) is 0 Å². The fraction of sp³-hybridized carbons (Fsp3) is 0.538. The summed E-state index contributed by atoms with van der Waals surface area (Å²) in [6.07, 6.45) is 0.832. The molecule has 1 aromatic carbocycles. The van der Waals surface area contributed by atoms with Gasteiger partial charge in [0, 0.05) is 23.8 Å². The van der Waals surface area contributed by atoms with Gasteiger partial charge in [0.15, 0.2) is 0 Å². The first kappa shape index (κ1) is 16.5. The lowest BCUT2D eigenvalue weighted by molar-refractivity contribution is 0.428. The average Bonchev–Trinajstić information content (AvgIpc) is 2.30. The molecule has 0 saturated heterocycles. The maximum Gasteiger partial charge on any atom is 0.243 e. The maximum atomic E-state index is 12.5. The highest BCUT2D eigenvalue weighted by Crippen LogP contribution is 2.28. The molecule has 0 atom stereocenters. The van der Waals surface area contributed by atoms with Crippen LogP contribution in [0.1, 0.15) is 25.8 Å². The molecule has 1 rings (SSSR count). The molecule has 6 heteroatoms. The number of nitrogen functional groups attached to an aromatic ring is 1. The molecule has 0 heterocycles. The summed E-state index contributed by atoms with van der Waals surface area (Å²) in [6.45, 7) is 6.38. The van der Waals surface area contributed by atoms with Gasteiger partial charge in [-0.1, -0.05) is 29.8 Å². The van der Waals surface area contributed by atoms with Gasteiger partial charge in [-0.25, -0.2) is 12.7 Å². The molecular weight excluding hydrogens is 328 g/mol. The molecule has 4 nitrogen and oxygen atoms in total. The van der Waals surface area contributed by atoms with Gasteiger partial charge < -0.3 is 5.73 Å². The van der Waals surface area contributed by atoms with Crippen molar-refractivity contribution in [2.45, 2.75) is 32.1 Å². The number of nitrogens with two attached hydrogens (primary N) is 1. The molecule has 0 saturated carbocycles. The summed E-state index contributed by atoms with van der Waals surface area (Å²) in [5, 5.41) is 0. The quantitative estimate of drug-likeness (QED) is 0.831. The largest absolute Gasteiger partial charge is 0.398 e. The average molecular weight is 349 g/mol. The van der Waals surface area contributed by atoms with E-state index in [0.29, 0.717) is 28.2 Å². The lowest BCUT2D eigenvalue weighted by atomic mass is 10.1. The minimum atomic E-state index is -3.49. The van der Waals surface area contributed by atoms with Crippen molar-refractivity contribution in [2.24, 2.45) is 5.92 Å². The van der Waals surface area contributed by atoms with E-state index in [1.54, 1.807) is 26.1 Å². The third kappa shape index (κ3) is 3.94. The fourth-order valence-corrected chi connectivity index (χ4v) is 3.76. The van der Waals surface area contributed by atoms with Crippen molar-refractivity contribution in [1.82, 2.24) is 4.31 Å². The van der Waals surface area contributed by atoms with Crippen LogP contribution in [0, 0.1) is 12.8 Å². The van der Waals surface area contributed by atoms with Gasteiger partial charge in [-0.05, 0) is 37.0 Å². The molecule has 0 aliphatic heterocycles. The number of sulfonamides is 1. The number of hydrogen-bond acceptors (Lipinski definition) is 3. The van der Waals surface area contributed by atoms with Gasteiger partial charge in [0.05, 0.1) is 4.90 Å². The maximum absolute atomic E-state index is 12.5. The molecule has 0 aromatic heterocycles. The first-order valence-electron chi connectivity index (χ1n) is 6.18. The molecule has 0 fully saturated rings. The third-order valence-electron chi connectivity index (χ3n) is 3.07. The summed E-state index contributed by atoms with van der Waals surface area (Å²) in [6, 6.07) is 3.31. The van der Waals surface area contributed by atoms with Crippen molar-refractivity contribution in [3.05, 3.63) is 22.2 Å². The SMILES string of the molecule is Cc1c(N)cc(Br)cc1S(=O)(=O)N(C)CCC(C)C. The monoisotopic (exact) mass is 348 g/mol. The van der Waals surface area contributed by atoms with Gasteiger partial charge in [-0.15, -0.1) is 0 Å². The van der Waals surface area contributed by atoms with Crippen LogP contribution in [-0.4, -0.2) is 26.3 Å². The Morgan fingerprint density at radius 2 is 1.95 bits per heavy atom. The Balaban J connectivity index is 3.13. The van der Waals surface area contributed by atoms with E-state index in [1.165, 1.54) is 4.31 Å². The van der Waals surface area contributed by atoms with Crippen molar-refractivity contribution in [3.63, 3.8) is 0 Å². The van der Waals surface area contributed by atoms with Crippen LogP contribution in [0.15, 0.2) is 21.5 Å². The molecule has 108 valence electrons. The Morgan fingerprint density at radius 3 is 2.47 bits per heavy atom. The van der Waals surface area contributed by atoms with Crippen LogP contribution >= 0.6 is 15.9 Å². The van der Waals surface area contributed by atoms with Crippen molar-refractivity contribution >= 4 is 31.6 Å². The Labute approximate surface area is 124 Å². The van der Waals surface area contributed by atoms with E-state index in [2.05, 4.69) is 29.8 Å². The lowest BCUT2D eigenvalue weighted by Crippen LogP contribution is -2.29. The molecule has 0 spiro atoms. The number of anilines is 1. The first-order chi connectivity index (χ1) is 8.66. The lowest BCUT2D eigenvalue weighted by Gasteiger charge is -2.20. The fourth-order valence-electron chi connectivity index (χ4n) is 1.67. The number of hydrogen-bond donors (Lipinski definition) is 1. The zero-order valence-corrected chi connectivity index (χ0v) is 14.2. The molecule has 0 aliphatic carbocycles. The molecular formula is C13H21BrN2O2S. The standard InChI is InChI=1S/C13H21BrN2O2S/c1-9(2)5-6-16(4)19(17,18)13-8-11(14)7-12(15)10(13)3/h7-9H,5-6,15H2,1-4H3. The zero-order chi connectivity index (χ0) is 14.8. The van der Waals surface area contributed by atoms with Gasteiger partial charge >= 0.3 is 0 Å². The Bertz CT molecular complexity index is 556. The second-order valence-corrected chi connectivity index (χ2v) is 8.06. The van der Waals surface area contributed by atoms with Crippen molar-refractivity contribution in [2.75, 3.05) is 19.3 Å². The molecule has 1 aromatic rings. The van der Waals surface area contributed by atoms with Crippen LogP contribution in [-0.2, 0) is 10.0 Å². The molecule has 0 aliphatic rings. The number of halogens is 1. The predicted molar refractivity (Wildman–Crippen MR) is 82.6 cm³/mol. The first-order valence-corrected chi connectivity index (χ1v) is 8.41. The van der Waals surface area contributed by atoms with E-state index < -0.39 is 10.0 Å². The van der Waals surface area contributed by atoms with Crippen LogP contribution in [0.3, 0.4) is 0 Å². The van der Waals surface area contributed by atoms with E-state index in [0.717, 1.165) is 6.42 Å². The van der Waals surface area contributed by atoms with Crippen LogP contribution < -0.4 is 5.73 Å². The van der Waals surface area contributed by atoms with Crippen LogP contribution in [0.25, 0.3) is 0 Å². The van der Waals surface area contributed by atoms with Gasteiger partial charge in [0.25, 0.3) is 0 Å². The summed E-state index contributed by atoms with van der Waals surface area (Å²) >= 11 is 3.29. The van der Waals surface area contributed by atoms with Crippen molar-refractivity contribution < 1.29 is 8.42 Å². The Kier molecular flexibility index (Phi) is 5.41. The summed E-state index contributed by atoms with van der Waals surface area (Å²) in [7, 11) is -1.88. The minimum absolute atomic E-state index is 0.269. The minimum Gasteiger partial charge on any atom is -0.398 e. The molecule has 0 radical (unpaired) electrons. The predicted octanol–water partition coefficient (Wildman–Crippen LogP) is 3.01. The van der Waals surface area contributed by atoms with E-state index in [9.17, 15) is 8.42 Å². The summed E-state index contributed by atoms with van der Waals surface area (Å²) in [5.41, 5.74) is 6.90. The number of nitrogens with zero attached hydrogens (tertiary/aromatic N) is 1. The second-order valence-electron chi connectivity index (χ2n) is 5.13. The highest BCUT2D eigenvalue weighted by atomic mass is 79.9. The second kappa shape index (κ2) is 6.24. The number of rotatable bonds is 5. The molecule has 0 unspecified atom stereocenters. The highest BCUT2D eigenvalue weighted by Gasteiger charge is 2.24. The molecule has 19 heavy (non-hydrogen) atoms. The summed E-state index contributed by atoms with van der Waals surface area (Å²) in [4.78, 5) is 0.269. The van der Waals surface area contributed by atoms with Gasteiger partial charge in [0.1, 0.15) is 0 Å². The van der Waals surface area contributed by atoms with Crippen molar-refractivity contribution in [3.8, 4) is 0 Å². The van der Waals surface area contributed by atoms with E-state index in [-0.39, 0.29) is 4.90 Å². The summed E-state index contributed by atoms with van der Waals surface area (Å²) in [5.74, 6) is 0.464. The third-order valence-corrected chi connectivity index (χ3v) is 5.52. The Hall–Kier alpha value is -0.590. The van der Waals surface area contributed by atoms with Gasteiger partial charge in [-0.2, -0.15) is 0 Å². The zero-order valence-electron chi connectivity index (χ0n) is 11.8. The smallest absolute Gasteiger partial charge is 0.243 e. The normalized spacial score (nSPS) is 12.4. The van der Waals surface area contributed by atoms with E-state index >= 15 is 0 Å². The van der Waals surface area contributed by atoms with Crippen LogP contribution in [0.4, 0.5) is 5.69 Å². The van der Waals surface area contributed by atoms with Crippen LogP contribution in [0.2, 0.25) is 0 Å². The Morgan fingerprint density at radius 1 is 1.37 bits per heavy atom. The number of benzene rings is 1. The topological polar surface area (TPSA) is 63.4 Å². The highest BCUT2D eigenvalue weighted by molar-refractivity contribution is 9.10.